The third kappa shape index (κ3) is 2.43. The van der Waals surface area contributed by atoms with Crippen LogP contribution in [-0.2, 0) is 6.42 Å². The second-order valence-corrected chi connectivity index (χ2v) is 5.08. The molecule has 0 radical (unpaired) electrons. The van der Waals surface area contributed by atoms with Crippen LogP contribution in [0, 0.1) is 13.8 Å². The third-order valence-electron chi connectivity index (χ3n) is 2.92. The van der Waals surface area contributed by atoms with Gasteiger partial charge in [0, 0.05) is 22.1 Å². The van der Waals surface area contributed by atoms with Gasteiger partial charge in [-0.15, -0.1) is 0 Å². The smallest absolute Gasteiger partial charge is 0.0751 e. The Labute approximate surface area is 107 Å². The van der Waals surface area contributed by atoms with Crippen molar-refractivity contribution < 1.29 is 0 Å². The lowest BCUT2D eigenvalue weighted by molar-refractivity contribution is 0.740. The van der Waals surface area contributed by atoms with Gasteiger partial charge in [-0.1, -0.05) is 17.7 Å². The highest BCUT2D eigenvalue weighted by Gasteiger charge is 2.09. The molecule has 1 heterocycles. The molecule has 0 amide bonds. The molecule has 1 aromatic heterocycles. The summed E-state index contributed by atoms with van der Waals surface area (Å²) in [5, 5.41) is 1.93. The molecule has 1 aromatic carbocycles. The first-order chi connectivity index (χ1) is 7.99. The minimum absolute atomic E-state index is 0.149. The Morgan fingerprint density at radius 1 is 1.35 bits per heavy atom. The molecule has 1 atom stereocenters. The third-order valence-corrected chi connectivity index (χ3v) is 3.33. The lowest BCUT2D eigenvalue weighted by atomic mass is 10.00. The Hall–Kier alpha value is -1.12. The number of benzene rings is 1. The number of hydrogen-bond acceptors (Lipinski definition) is 2. The molecule has 0 aliphatic rings. The van der Waals surface area contributed by atoms with Crippen molar-refractivity contribution >= 4 is 22.5 Å². The number of pyridine rings is 1. The minimum Gasteiger partial charge on any atom is -0.328 e. The summed E-state index contributed by atoms with van der Waals surface area (Å²) in [6, 6.07) is 6.23. The average molecular weight is 249 g/mol. The lowest BCUT2D eigenvalue weighted by Crippen LogP contribution is -2.18. The number of rotatable bonds is 2. The van der Waals surface area contributed by atoms with Crippen LogP contribution >= 0.6 is 11.6 Å². The van der Waals surface area contributed by atoms with E-state index in [1.165, 1.54) is 5.56 Å². The summed E-state index contributed by atoms with van der Waals surface area (Å²) in [5.41, 5.74) is 10.2. The van der Waals surface area contributed by atoms with E-state index < -0.39 is 0 Å². The molecular weight excluding hydrogens is 232 g/mol. The number of aryl methyl sites for hydroxylation is 2. The predicted octanol–water partition coefficient (Wildman–Crippen LogP) is 3.39. The van der Waals surface area contributed by atoms with Gasteiger partial charge in [0.15, 0.2) is 0 Å². The topological polar surface area (TPSA) is 38.9 Å². The molecule has 0 aliphatic heterocycles. The zero-order chi connectivity index (χ0) is 12.6. The Balaban J connectivity index is 2.72. The SMILES string of the molecule is Cc1cc(CC(C)N)c2ccc(Cl)c(C)c2n1. The quantitative estimate of drug-likeness (QED) is 0.885. The van der Waals surface area contributed by atoms with Crippen molar-refractivity contribution in [3.63, 3.8) is 0 Å². The predicted molar refractivity (Wildman–Crippen MR) is 73.6 cm³/mol. The van der Waals surface area contributed by atoms with Gasteiger partial charge in [0.1, 0.15) is 0 Å². The van der Waals surface area contributed by atoms with E-state index in [4.69, 9.17) is 17.3 Å². The largest absolute Gasteiger partial charge is 0.328 e. The van der Waals surface area contributed by atoms with Crippen molar-refractivity contribution in [3.8, 4) is 0 Å². The van der Waals surface area contributed by atoms with E-state index in [0.29, 0.717) is 0 Å². The first-order valence-electron chi connectivity index (χ1n) is 5.80. The van der Waals surface area contributed by atoms with Crippen LogP contribution in [0.4, 0.5) is 0 Å². The molecule has 2 nitrogen and oxygen atoms in total. The molecule has 0 aliphatic carbocycles. The number of fused-ring (bicyclic) bond motifs is 1. The highest BCUT2D eigenvalue weighted by molar-refractivity contribution is 6.32. The van der Waals surface area contributed by atoms with E-state index in [0.717, 1.165) is 33.6 Å². The highest BCUT2D eigenvalue weighted by atomic mass is 35.5. The molecule has 90 valence electrons. The normalized spacial score (nSPS) is 13.0. The lowest BCUT2D eigenvalue weighted by Gasteiger charge is -2.12. The summed E-state index contributed by atoms with van der Waals surface area (Å²) in [5.74, 6) is 0. The molecule has 2 aromatic rings. The second-order valence-electron chi connectivity index (χ2n) is 4.67. The average Bonchev–Trinajstić information content (AvgIpc) is 2.23. The Morgan fingerprint density at radius 3 is 2.71 bits per heavy atom. The maximum absolute atomic E-state index is 6.13. The van der Waals surface area contributed by atoms with Gasteiger partial charge in [-0.2, -0.15) is 0 Å². The van der Waals surface area contributed by atoms with Gasteiger partial charge in [0.05, 0.1) is 5.52 Å². The van der Waals surface area contributed by atoms with Crippen LogP contribution in [0.1, 0.15) is 23.7 Å². The molecule has 1 unspecified atom stereocenters. The summed E-state index contributed by atoms with van der Waals surface area (Å²) in [6.07, 6.45) is 0.862. The Kier molecular flexibility index (Phi) is 3.36. The first-order valence-corrected chi connectivity index (χ1v) is 6.17. The van der Waals surface area contributed by atoms with Gasteiger partial charge in [0.2, 0.25) is 0 Å². The molecule has 0 fully saturated rings. The zero-order valence-corrected chi connectivity index (χ0v) is 11.2. The second kappa shape index (κ2) is 4.63. The van der Waals surface area contributed by atoms with E-state index >= 15 is 0 Å². The zero-order valence-electron chi connectivity index (χ0n) is 10.4. The molecule has 17 heavy (non-hydrogen) atoms. The molecule has 0 bridgehead atoms. The molecule has 2 rings (SSSR count). The van der Waals surface area contributed by atoms with Gasteiger partial charge < -0.3 is 5.73 Å². The van der Waals surface area contributed by atoms with E-state index in [1.807, 2.05) is 32.9 Å². The van der Waals surface area contributed by atoms with E-state index in [1.54, 1.807) is 0 Å². The van der Waals surface area contributed by atoms with Gasteiger partial charge in [-0.05, 0) is 50.5 Å². The minimum atomic E-state index is 0.149. The fraction of sp³-hybridized carbons (Fsp3) is 0.357. The number of aromatic nitrogens is 1. The van der Waals surface area contributed by atoms with Crippen molar-refractivity contribution in [1.82, 2.24) is 4.98 Å². The molecular formula is C14H17ClN2. The fourth-order valence-corrected chi connectivity index (χ4v) is 2.29. The summed E-state index contributed by atoms with van der Waals surface area (Å²) in [6.45, 7) is 6.03. The van der Waals surface area contributed by atoms with Gasteiger partial charge in [-0.3, -0.25) is 4.98 Å². The number of nitrogens with zero attached hydrogens (tertiary/aromatic N) is 1. The maximum Gasteiger partial charge on any atom is 0.0751 e. The van der Waals surface area contributed by atoms with Crippen LogP contribution < -0.4 is 5.73 Å². The van der Waals surface area contributed by atoms with Crippen LogP contribution in [0.3, 0.4) is 0 Å². The summed E-state index contributed by atoms with van der Waals surface area (Å²) >= 11 is 6.13. The van der Waals surface area contributed by atoms with Crippen molar-refractivity contribution in [2.24, 2.45) is 5.73 Å². The van der Waals surface area contributed by atoms with Crippen LogP contribution in [0.25, 0.3) is 10.9 Å². The monoisotopic (exact) mass is 248 g/mol. The molecule has 0 saturated carbocycles. The molecule has 0 spiro atoms. The van der Waals surface area contributed by atoms with E-state index in [2.05, 4.69) is 11.1 Å². The van der Waals surface area contributed by atoms with Crippen LogP contribution in [0.5, 0.6) is 0 Å². The van der Waals surface area contributed by atoms with Crippen molar-refractivity contribution in [3.05, 3.63) is 40.0 Å². The summed E-state index contributed by atoms with van der Waals surface area (Å²) in [7, 11) is 0. The van der Waals surface area contributed by atoms with Crippen LogP contribution in [0.2, 0.25) is 5.02 Å². The van der Waals surface area contributed by atoms with Gasteiger partial charge in [0.25, 0.3) is 0 Å². The fourth-order valence-electron chi connectivity index (χ4n) is 2.13. The summed E-state index contributed by atoms with van der Waals surface area (Å²) < 4.78 is 0. The van der Waals surface area contributed by atoms with Crippen molar-refractivity contribution in [2.75, 3.05) is 0 Å². The number of nitrogens with two attached hydrogens (primary N) is 1. The Morgan fingerprint density at radius 2 is 2.06 bits per heavy atom. The summed E-state index contributed by atoms with van der Waals surface area (Å²) in [4.78, 5) is 4.58. The highest BCUT2D eigenvalue weighted by Crippen LogP contribution is 2.27. The maximum atomic E-state index is 6.13. The first kappa shape index (κ1) is 12.3. The Bertz CT molecular complexity index is 562. The van der Waals surface area contributed by atoms with Gasteiger partial charge in [-0.25, -0.2) is 0 Å². The van der Waals surface area contributed by atoms with Gasteiger partial charge >= 0.3 is 0 Å². The van der Waals surface area contributed by atoms with Crippen LogP contribution in [-0.4, -0.2) is 11.0 Å². The number of hydrogen-bond donors (Lipinski definition) is 1. The van der Waals surface area contributed by atoms with E-state index in [-0.39, 0.29) is 6.04 Å². The number of halogens is 1. The van der Waals surface area contributed by atoms with E-state index in [9.17, 15) is 0 Å². The molecule has 2 N–H and O–H groups in total. The van der Waals surface area contributed by atoms with Crippen LogP contribution in [0.15, 0.2) is 18.2 Å². The standard InChI is InChI=1S/C14H17ClN2/c1-8(16)6-11-7-9(2)17-14-10(3)13(15)5-4-12(11)14/h4-5,7-8H,6,16H2,1-3H3. The molecule has 3 heteroatoms. The van der Waals surface area contributed by atoms with Crippen molar-refractivity contribution in [2.45, 2.75) is 33.2 Å². The molecule has 0 saturated heterocycles. The van der Waals surface area contributed by atoms with Crippen molar-refractivity contribution in [1.29, 1.82) is 0 Å².